The minimum absolute atomic E-state index is 0.305. The molecule has 1 unspecified atom stereocenters. The van der Waals surface area contributed by atoms with Crippen LogP contribution in [-0.2, 0) is 22.6 Å². The molecule has 0 saturated heterocycles. The first kappa shape index (κ1) is 19.5. The number of hydrogen-bond acceptors (Lipinski definition) is 4. The Labute approximate surface area is 189 Å². The van der Waals surface area contributed by atoms with Crippen molar-refractivity contribution in [2.24, 2.45) is 11.7 Å². The molecule has 32 heavy (non-hydrogen) atoms. The van der Waals surface area contributed by atoms with Crippen LogP contribution in [0.15, 0.2) is 53.9 Å². The van der Waals surface area contributed by atoms with Crippen LogP contribution in [0.4, 0.5) is 0 Å². The van der Waals surface area contributed by atoms with Gasteiger partial charge in [-0.15, -0.1) is 11.3 Å². The highest BCUT2D eigenvalue weighted by atomic mass is 32.1. The van der Waals surface area contributed by atoms with Gasteiger partial charge in [0.15, 0.2) is 0 Å². The summed E-state index contributed by atoms with van der Waals surface area (Å²) in [5.74, 6) is -0.131. The molecule has 5 nitrogen and oxygen atoms in total. The molecular weight excluding hydrogens is 418 g/mol. The van der Waals surface area contributed by atoms with Crippen LogP contribution < -0.4 is 11.1 Å². The number of hydrogen-bond donors (Lipinski definition) is 2. The number of nitrogens with one attached hydrogen (secondary N) is 1. The largest absolute Gasteiger partial charge is 0.344 e. The van der Waals surface area contributed by atoms with E-state index in [4.69, 9.17) is 5.73 Å². The van der Waals surface area contributed by atoms with Gasteiger partial charge in [-0.3, -0.25) is 14.9 Å². The Balaban J connectivity index is 1.66. The molecular formula is C26H23N3O2S. The number of fused-ring (bicyclic) bond motifs is 4. The van der Waals surface area contributed by atoms with E-state index < -0.39 is 0 Å². The molecule has 4 heterocycles. The zero-order valence-corrected chi connectivity index (χ0v) is 18.4. The van der Waals surface area contributed by atoms with Crippen molar-refractivity contribution in [3.05, 3.63) is 70.7 Å². The predicted molar refractivity (Wildman–Crippen MR) is 129 cm³/mol. The maximum atomic E-state index is 13.2. The average molecular weight is 442 g/mol. The molecule has 160 valence electrons. The number of para-hydroxylation sites is 1. The molecule has 2 amide bonds. The molecule has 1 atom stereocenters. The summed E-state index contributed by atoms with van der Waals surface area (Å²) in [5.41, 5.74) is 10.9. The van der Waals surface area contributed by atoms with E-state index in [-0.39, 0.29) is 11.8 Å². The van der Waals surface area contributed by atoms with Crippen molar-refractivity contribution >= 4 is 55.3 Å². The van der Waals surface area contributed by atoms with Crippen molar-refractivity contribution in [3.63, 3.8) is 0 Å². The minimum Gasteiger partial charge on any atom is -0.344 e. The number of amides is 2. The number of benzene rings is 2. The second kappa shape index (κ2) is 7.43. The molecule has 0 bridgehead atoms. The van der Waals surface area contributed by atoms with Gasteiger partial charge in [0.05, 0.1) is 11.1 Å². The van der Waals surface area contributed by atoms with Gasteiger partial charge in [-0.05, 0) is 43.9 Å². The maximum absolute atomic E-state index is 13.2. The van der Waals surface area contributed by atoms with Crippen molar-refractivity contribution < 1.29 is 9.59 Å². The number of nitrogens with two attached hydrogens (primary N) is 1. The highest BCUT2D eigenvalue weighted by molar-refractivity contribution is 7.17. The first-order valence-electron chi connectivity index (χ1n) is 11.0. The van der Waals surface area contributed by atoms with Crippen LogP contribution in [0.1, 0.15) is 29.7 Å². The highest BCUT2D eigenvalue weighted by Gasteiger charge is 2.37. The van der Waals surface area contributed by atoms with Crippen molar-refractivity contribution in [3.8, 4) is 0 Å². The Morgan fingerprint density at radius 3 is 2.59 bits per heavy atom. The lowest BCUT2D eigenvalue weighted by molar-refractivity contribution is -0.122. The van der Waals surface area contributed by atoms with Crippen molar-refractivity contribution in [2.45, 2.75) is 25.8 Å². The molecule has 0 fully saturated rings. The first-order chi connectivity index (χ1) is 15.7. The zero-order valence-electron chi connectivity index (χ0n) is 17.6. The normalized spacial score (nSPS) is 18.6. The smallest absolute Gasteiger partial charge is 0.259 e. The van der Waals surface area contributed by atoms with Crippen LogP contribution in [0.3, 0.4) is 0 Å². The molecule has 3 N–H and O–H groups in total. The fourth-order valence-corrected chi connectivity index (χ4v) is 6.35. The molecule has 4 aromatic rings. The van der Waals surface area contributed by atoms with Crippen molar-refractivity contribution in [1.29, 1.82) is 0 Å². The van der Waals surface area contributed by atoms with Gasteiger partial charge in [0, 0.05) is 49.7 Å². The van der Waals surface area contributed by atoms with Gasteiger partial charge in [0.2, 0.25) is 0 Å². The molecule has 2 aromatic carbocycles. The number of carbonyl (C=O) groups excluding carboxylic acids is 2. The van der Waals surface area contributed by atoms with E-state index in [1.165, 1.54) is 0 Å². The van der Waals surface area contributed by atoms with E-state index in [9.17, 15) is 9.59 Å². The number of carbonyl (C=O) groups is 2. The SMILES string of the molecule is NCCC1CCn2c(c(C3=C(c4csc5ccccc45)C(=O)NC3=O)c3ccccc32)C1. The summed E-state index contributed by atoms with van der Waals surface area (Å²) in [6.07, 6.45) is 2.91. The average Bonchev–Trinajstić information content (AvgIpc) is 3.45. The fourth-order valence-electron chi connectivity index (χ4n) is 5.39. The summed E-state index contributed by atoms with van der Waals surface area (Å²) in [6, 6.07) is 16.3. The molecule has 2 aliphatic rings. The summed E-state index contributed by atoms with van der Waals surface area (Å²) >= 11 is 1.60. The van der Waals surface area contributed by atoms with Gasteiger partial charge in [-0.2, -0.15) is 0 Å². The number of nitrogens with zero attached hydrogens (tertiary/aromatic N) is 1. The summed E-state index contributed by atoms with van der Waals surface area (Å²) < 4.78 is 3.44. The van der Waals surface area contributed by atoms with E-state index in [1.54, 1.807) is 11.3 Å². The molecule has 0 radical (unpaired) electrons. The lowest BCUT2D eigenvalue weighted by Gasteiger charge is -2.25. The summed E-state index contributed by atoms with van der Waals surface area (Å²) in [5, 5.41) is 6.63. The molecule has 0 spiro atoms. The van der Waals surface area contributed by atoms with E-state index in [0.717, 1.165) is 63.6 Å². The predicted octanol–water partition coefficient (Wildman–Crippen LogP) is 4.33. The number of imide groups is 1. The lowest BCUT2D eigenvalue weighted by Crippen LogP contribution is -2.24. The fraction of sp³-hybridized carbons (Fsp3) is 0.231. The quantitative estimate of drug-likeness (QED) is 0.463. The van der Waals surface area contributed by atoms with Gasteiger partial charge < -0.3 is 10.3 Å². The number of rotatable bonds is 4. The van der Waals surface area contributed by atoms with E-state index in [2.05, 4.69) is 22.0 Å². The second-order valence-electron chi connectivity index (χ2n) is 8.61. The molecule has 6 heteroatoms. The molecule has 0 saturated carbocycles. The second-order valence-corrected chi connectivity index (χ2v) is 9.52. The maximum Gasteiger partial charge on any atom is 0.259 e. The third kappa shape index (κ3) is 2.80. The zero-order chi connectivity index (χ0) is 21.8. The number of aromatic nitrogens is 1. The van der Waals surface area contributed by atoms with Crippen LogP contribution in [-0.4, -0.2) is 22.9 Å². The van der Waals surface area contributed by atoms with Crippen LogP contribution in [0.25, 0.3) is 32.1 Å². The number of thiophene rings is 1. The standard InChI is InChI=1S/C26H23N3O2S/c27-11-9-15-10-12-29-19-7-3-1-6-17(19)22(20(29)13-15)24-23(25(30)28-26(24)31)18-14-32-21-8-4-2-5-16(18)21/h1-8,14-15H,9-13,27H2,(H,28,30,31). The third-order valence-corrected chi connectivity index (χ3v) is 7.79. The van der Waals surface area contributed by atoms with E-state index in [0.29, 0.717) is 23.6 Å². The number of aryl methyl sites for hydroxylation is 1. The van der Waals surface area contributed by atoms with E-state index >= 15 is 0 Å². The van der Waals surface area contributed by atoms with Crippen LogP contribution >= 0.6 is 11.3 Å². The summed E-state index contributed by atoms with van der Waals surface area (Å²) in [6.45, 7) is 1.56. The van der Waals surface area contributed by atoms with E-state index in [1.807, 2.05) is 41.8 Å². The Bertz CT molecular complexity index is 1440. The first-order valence-corrected chi connectivity index (χ1v) is 11.9. The van der Waals surface area contributed by atoms with Crippen LogP contribution in [0, 0.1) is 5.92 Å². The van der Waals surface area contributed by atoms with Crippen molar-refractivity contribution in [1.82, 2.24) is 9.88 Å². The molecule has 6 rings (SSSR count). The Kier molecular flexibility index (Phi) is 4.52. The minimum atomic E-state index is -0.313. The third-order valence-electron chi connectivity index (χ3n) is 6.83. The van der Waals surface area contributed by atoms with Crippen LogP contribution in [0.2, 0.25) is 0 Å². The van der Waals surface area contributed by atoms with Gasteiger partial charge in [-0.25, -0.2) is 0 Å². The topological polar surface area (TPSA) is 77.1 Å². The molecule has 2 aliphatic heterocycles. The Morgan fingerprint density at radius 2 is 1.75 bits per heavy atom. The van der Waals surface area contributed by atoms with Crippen molar-refractivity contribution in [2.75, 3.05) is 6.54 Å². The lowest BCUT2D eigenvalue weighted by atomic mass is 9.88. The van der Waals surface area contributed by atoms with Gasteiger partial charge in [0.25, 0.3) is 11.8 Å². The summed E-state index contributed by atoms with van der Waals surface area (Å²) in [4.78, 5) is 26.3. The highest BCUT2D eigenvalue weighted by Crippen LogP contribution is 2.43. The van der Waals surface area contributed by atoms with Gasteiger partial charge in [0.1, 0.15) is 0 Å². The molecule has 2 aromatic heterocycles. The molecule has 0 aliphatic carbocycles. The van der Waals surface area contributed by atoms with Crippen LogP contribution in [0.5, 0.6) is 0 Å². The van der Waals surface area contributed by atoms with Gasteiger partial charge in [-0.1, -0.05) is 36.4 Å². The van der Waals surface area contributed by atoms with Gasteiger partial charge >= 0.3 is 0 Å². The Hall–Kier alpha value is -3.22. The monoisotopic (exact) mass is 441 g/mol. The Morgan fingerprint density at radius 1 is 1.00 bits per heavy atom. The summed E-state index contributed by atoms with van der Waals surface area (Å²) in [7, 11) is 0.